The van der Waals surface area contributed by atoms with Crippen molar-refractivity contribution in [2.45, 2.75) is 0 Å². The van der Waals surface area contributed by atoms with E-state index in [9.17, 15) is 9.18 Å². The van der Waals surface area contributed by atoms with Gasteiger partial charge >= 0.3 is 0 Å². The molecule has 28 heavy (non-hydrogen) atoms. The zero-order valence-electron chi connectivity index (χ0n) is 15.3. The van der Waals surface area contributed by atoms with Crippen LogP contribution in [0.15, 0.2) is 90.5 Å². The Bertz CT molecular complexity index is 1050. The molecule has 0 spiro atoms. The van der Waals surface area contributed by atoms with Crippen LogP contribution in [0.25, 0.3) is 11.8 Å². The smallest absolute Gasteiger partial charge is 0.262 e. The normalized spacial score (nSPS) is 15.1. The summed E-state index contributed by atoms with van der Waals surface area (Å²) >= 11 is 0. The molecular formula is C24H18FNO2. The van der Waals surface area contributed by atoms with E-state index in [1.54, 1.807) is 24.1 Å². The summed E-state index contributed by atoms with van der Waals surface area (Å²) in [6, 6.07) is 23.1. The number of methoxy groups -OCH3 is 1. The molecule has 0 fully saturated rings. The van der Waals surface area contributed by atoms with Crippen molar-refractivity contribution >= 4 is 23.4 Å². The first kappa shape index (κ1) is 17.7. The lowest BCUT2D eigenvalue weighted by atomic mass is 10.1. The van der Waals surface area contributed by atoms with E-state index < -0.39 is 0 Å². The number of hydrogen-bond acceptors (Lipinski definition) is 2. The van der Waals surface area contributed by atoms with E-state index in [1.807, 2.05) is 66.7 Å². The van der Waals surface area contributed by atoms with Crippen molar-refractivity contribution in [3.05, 3.63) is 107 Å². The highest BCUT2D eigenvalue weighted by atomic mass is 19.1. The molecule has 0 N–H and O–H groups in total. The maximum atomic E-state index is 13.4. The number of carbonyl (C=O) groups excluding carboxylic acids is 1. The van der Waals surface area contributed by atoms with Crippen LogP contribution in [-0.2, 0) is 4.79 Å². The minimum Gasteiger partial charge on any atom is -0.497 e. The van der Waals surface area contributed by atoms with E-state index in [0.29, 0.717) is 11.3 Å². The SMILES string of the molecule is COc1ccc(/C=C2\C=C(c3ccccc3)N(c3ccc(F)cc3)C2=O)cc1. The molecule has 1 heterocycles. The maximum Gasteiger partial charge on any atom is 0.262 e. The summed E-state index contributed by atoms with van der Waals surface area (Å²) in [5.41, 5.74) is 3.76. The first-order chi connectivity index (χ1) is 13.7. The lowest BCUT2D eigenvalue weighted by molar-refractivity contribution is -0.113. The van der Waals surface area contributed by atoms with Crippen molar-refractivity contribution in [3.63, 3.8) is 0 Å². The minimum absolute atomic E-state index is 0.152. The molecule has 4 rings (SSSR count). The van der Waals surface area contributed by atoms with Crippen LogP contribution in [0.4, 0.5) is 10.1 Å². The number of hydrogen-bond donors (Lipinski definition) is 0. The highest BCUT2D eigenvalue weighted by Gasteiger charge is 2.30. The molecule has 0 bridgehead atoms. The number of halogens is 1. The monoisotopic (exact) mass is 371 g/mol. The molecule has 0 aliphatic carbocycles. The van der Waals surface area contributed by atoms with Crippen molar-refractivity contribution < 1.29 is 13.9 Å². The summed E-state index contributed by atoms with van der Waals surface area (Å²) in [6.45, 7) is 0. The van der Waals surface area contributed by atoms with Crippen LogP contribution in [0.2, 0.25) is 0 Å². The van der Waals surface area contributed by atoms with Crippen molar-refractivity contribution in [2.24, 2.45) is 0 Å². The zero-order chi connectivity index (χ0) is 19.5. The zero-order valence-corrected chi connectivity index (χ0v) is 15.3. The molecule has 4 heteroatoms. The third-order valence-corrected chi connectivity index (χ3v) is 4.58. The van der Waals surface area contributed by atoms with Crippen LogP contribution < -0.4 is 9.64 Å². The highest BCUT2D eigenvalue weighted by Crippen LogP contribution is 2.35. The molecule has 0 unspecified atom stereocenters. The number of amides is 1. The number of carbonyl (C=O) groups is 1. The third kappa shape index (κ3) is 3.45. The van der Waals surface area contributed by atoms with E-state index in [0.717, 1.165) is 22.6 Å². The predicted octanol–water partition coefficient (Wildman–Crippen LogP) is 5.31. The van der Waals surface area contributed by atoms with Crippen molar-refractivity contribution in [2.75, 3.05) is 12.0 Å². The van der Waals surface area contributed by atoms with Gasteiger partial charge in [0, 0.05) is 11.3 Å². The summed E-state index contributed by atoms with van der Waals surface area (Å²) in [6.07, 6.45) is 3.71. The van der Waals surface area contributed by atoms with Gasteiger partial charge in [0.15, 0.2) is 0 Å². The van der Waals surface area contributed by atoms with E-state index in [4.69, 9.17) is 4.74 Å². The van der Waals surface area contributed by atoms with Gasteiger partial charge in [0.2, 0.25) is 0 Å². The lowest BCUT2D eigenvalue weighted by Crippen LogP contribution is -2.24. The molecule has 3 aromatic rings. The second kappa shape index (κ2) is 7.53. The number of nitrogens with zero attached hydrogens (tertiary/aromatic N) is 1. The average Bonchev–Trinajstić information content (AvgIpc) is 3.06. The topological polar surface area (TPSA) is 29.5 Å². The van der Waals surface area contributed by atoms with Crippen molar-refractivity contribution in [3.8, 4) is 5.75 Å². The van der Waals surface area contributed by atoms with Gasteiger partial charge in [-0.15, -0.1) is 0 Å². The fourth-order valence-corrected chi connectivity index (χ4v) is 3.16. The van der Waals surface area contributed by atoms with E-state index >= 15 is 0 Å². The largest absolute Gasteiger partial charge is 0.497 e. The summed E-state index contributed by atoms with van der Waals surface area (Å²) in [7, 11) is 1.61. The van der Waals surface area contributed by atoms with E-state index in [1.165, 1.54) is 12.1 Å². The van der Waals surface area contributed by atoms with Gasteiger partial charge in [-0.05, 0) is 59.7 Å². The van der Waals surface area contributed by atoms with Crippen molar-refractivity contribution in [1.82, 2.24) is 0 Å². The van der Waals surface area contributed by atoms with Crippen molar-refractivity contribution in [1.29, 1.82) is 0 Å². The summed E-state index contributed by atoms with van der Waals surface area (Å²) in [4.78, 5) is 14.8. The molecule has 138 valence electrons. The summed E-state index contributed by atoms with van der Waals surface area (Å²) < 4.78 is 18.6. The van der Waals surface area contributed by atoms with Gasteiger partial charge < -0.3 is 4.74 Å². The van der Waals surface area contributed by atoms with Crippen LogP contribution in [0.1, 0.15) is 11.1 Å². The molecule has 0 atom stereocenters. The molecule has 3 aromatic carbocycles. The Labute approximate surface area is 163 Å². The van der Waals surface area contributed by atoms with Crippen LogP contribution >= 0.6 is 0 Å². The Kier molecular flexibility index (Phi) is 4.77. The second-order valence-corrected chi connectivity index (χ2v) is 6.39. The van der Waals surface area contributed by atoms with Gasteiger partial charge in [0.05, 0.1) is 12.8 Å². The predicted molar refractivity (Wildman–Crippen MR) is 109 cm³/mol. The number of rotatable bonds is 4. The maximum absolute atomic E-state index is 13.4. The minimum atomic E-state index is -0.338. The number of anilines is 1. The Hall–Kier alpha value is -3.66. The first-order valence-corrected chi connectivity index (χ1v) is 8.88. The molecule has 0 saturated carbocycles. The van der Waals surface area contributed by atoms with Gasteiger partial charge in [0.1, 0.15) is 11.6 Å². The van der Waals surface area contributed by atoms with E-state index in [2.05, 4.69) is 0 Å². The average molecular weight is 371 g/mol. The van der Waals surface area contributed by atoms with Gasteiger partial charge in [-0.3, -0.25) is 9.69 Å². The van der Waals surface area contributed by atoms with Gasteiger partial charge in [-0.1, -0.05) is 42.5 Å². The Balaban J connectivity index is 1.78. The quantitative estimate of drug-likeness (QED) is 0.582. The van der Waals surface area contributed by atoms with Gasteiger partial charge in [-0.25, -0.2) is 4.39 Å². The van der Waals surface area contributed by atoms with E-state index in [-0.39, 0.29) is 11.7 Å². The second-order valence-electron chi connectivity index (χ2n) is 6.39. The van der Waals surface area contributed by atoms with Crippen LogP contribution in [0, 0.1) is 5.82 Å². The molecule has 1 aliphatic heterocycles. The fraction of sp³-hybridized carbons (Fsp3) is 0.0417. The molecular weight excluding hydrogens is 353 g/mol. The lowest BCUT2D eigenvalue weighted by Gasteiger charge is -2.20. The Morgan fingerprint density at radius 2 is 1.57 bits per heavy atom. The molecule has 0 saturated heterocycles. The number of benzene rings is 3. The Morgan fingerprint density at radius 3 is 2.21 bits per heavy atom. The molecule has 3 nitrogen and oxygen atoms in total. The third-order valence-electron chi connectivity index (χ3n) is 4.58. The molecule has 1 amide bonds. The molecule has 1 aliphatic rings. The van der Waals surface area contributed by atoms with Crippen LogP contribution in [-0.4, -0.2) is 13.0 Å². The van der Waals surface area contributed by atoms with Gasteiger partial charge in [-0.2, -0.15) is 0 Å². The van der Waals surface area contributed by atoms with Crippen LogP contribution in [0.5, 0.6) is 5.75 Å². The number of ether oxygens (including phenoxy) is 1. The fourth-order valence-electron chi connectivity index (χ4n) is 3.16. The standard InChI is InChI=1S/C24H18FNO2/c1-28-22-13-7-17(8-14-22)15-19-16-23(18-5-3-2-4-6-18)26(24(19)27)21-11-9-20(25)10-12-21/h2-16H,1H3/b19-15+. The molecule has 0 aromatic heterocycles. The Morgan fingerprint density at radius 1 is 0.893 bits per heavy atom. The summed E-state index contributed by atoms with van der Waals surface area (Å²) in [5, 5.41) is 0. The summed E-state index contributed by atoms with van der Waals surface area (Å²) in [5.74, 6) is 0.268. The highest BCUT2D eigenvalue weighted by molar-refractivity contribution is 6.23. The first-order valence-electron chi connectivity index (χ1n) is 8.88. The molecule has 0 radical (unpaired) electrons. The van der Waals surface area contributed by atoms with Gasteiger partial charge in [0.25, 0.3) is 5.91 Å². The van der Waals surface area contributed by atoms with Crippen LogP contribution in [0.3, 0.4) is 0 Å².